The molecule has 13 heavy (non-hydrogen) atoms. The number of hydrogen-bond acceptors (Lipinski definition) is 4. The highest BCUT2D eigenvalue weighted by atomic mass is 16.5. The lowest BCUT2D eigenvalue weighted by molar-refractivity contribution is 0.0791. The van der Waals surface area contributed by atoms with Gasteiger partial charge in [0.15, 0.2) is 5.69 Å². The van der Waals surface area contributed by atoms with E-state index in [1.165, 1.54) is 0 Å². The van der Waals surface area contributed by atoms with Crippen molar-refractivity contribution in [1.82, 2.24) is 5.16 Å². The number of aromatic nitrogens is 1. The summed E-state index contributed by atoms with van der Waals surface area (Å²) in [5, 5.41) is 12.2. The predicted octanol–water partition coefficient (Wildman–Crippen LogP) is 1.44. The maximum atomic E-state index is 8.55. The smallest absolute Gasteiger partial charge is 0.183 e. The summed E-state index contributed by atoms with van der Waals surface area (Å²) in [5.74, 6) is 1.20. The van der Waals surface area contributed by atoms with Crippen molar-refractivity contribution in [3.05, 3.63) is 17.5 Å². The highest BCUT2D eigenvalue weighted by molar-refractivity contribution is 5.21. The van der Waals surface area contributed by atoms with Gasteiger partial charge in [-0.3, -0.25) is 0 Å². The van der Waals surface area contributed by atoms with E-state index in [0.29, 0.717) is 11.6 Å². The van der Waals surface area contributed by atoms with Crippen LogP contribution in [0.3, 0.4) is 0 Å². The molecule has 0 radical (unpaired) electrons. The first-order chi connectivity index (χ1) is 6.40. The maximum Gasteiger partial charge on any atom is 0.183 e. The zero-order valence-electron chi connectivity index (χ0n) is 7.19. The molecule has 1 aromatic rings. The second-order valence-corrected chi connectivity index (χ2v) is 3.11. The van der Waals surface area contributed by atoms with Crippen LogP contribution in [0.5, 0.6) is 0 Å². The van der Waals surface area contributed by atoms with Crippen molar-refractivity contribution in [1.29, 1.82) is 5.26 Å². The maximum absolute atomic E-state index is 8.55. The Bertz CT molecular complexity index is 321. The van der Waals surface area contributed by atoms with Gasteiger partial charge in [0.25, 0.3) is 0 Å². The molecule has 4 nitrogen and oxygen atoms in total. The molecular weight excluding hydrogens is 168 g/mol. The van der Waals surface area contributed by atoms with Crippen molar-refractivity contribution in [3.8, 4) is 6.07 Å². The molecule has 0 bridgehead atoms. The van der Waals surface area contributed by atoms with E-state index in [1.807, 2.05) is 6.07 Å². The lowest BCUT2D eigenvalue weighted by Crippen LogP contribution is -2.13. The van der Waals surface area contributed by atoms with Gasteiger partial charge in [0.05, 0.1) is 0 Å². The first kappa shape index (κ1) is 8.27. The monoisotopic (exact) mass is 178 g/mol. The summed E-state index contributed by atoms with van der Waals surface area (Å²) in [6, 6.07) is 3.67. The van der Waals surface area contributed by atoms with Gasteiger partial charge in [-0.1, -0.05) is 5.16 Å². The second-order valence-electron chi connectivity index (χ2n) is 3.11. The van der Waals surface area contributed by atoms with Crippen molar-refractivity contribution in [2.24, 2.45) is 0 Å². The third-order valence-electron chi connectivity index (χ3n) is 2.27. The fraction of sp³-hybridized carbons (Fsp3) is 0.556. The minimum Gasteiger partial charge on any atom is -0.381 e. The number of rotatable bonds is 1. The molecule has 0 saturated carbocycles. The molecule has 0 spiro atoms. The SMILES string of the molecule is N#Cc1cc(C2CCOCC2)on1. The summed E-state index contributed by atoms with van der Waals surface area (Å²) in [6.45, 7) is 1.54. The summed E-state index contributed by atoms with van der Waals surface area (Å²) < 4.78 is 10.3. The average Bonchev–Trinajstić information content (AvgIpc) is 2.67. The fourth-order valence-electron chi connectivity index (χ4n) is 1.52. The van der Waals surface area contributed by atoms with Crippen LogP contribution in [0.1, 0.15) is 30.2 Å². The molecule has 1 aliphatic heterocycles. The Kier molecular flexibility index (Phi) is 2.28. The molecule has 0 unspecified atom stereocenters. The minimum atomic E-state index is 0.362. The quantitative estimate of drug-likeness (QED) is 0.652. The summed E-state index contributed by atoms with van der Waals surface area (Å²) >= 11 is 0. The zero-order valence-corrected chi connectivity index (χ0v) is 7.19. The summed E-state index contributed by atoms with van der Waals surface area (Å²) in [4.78, 5) is 0. The van der Waals surface area contributed by atoms with Crippen LogP contribution in [0.25, 0.3) is 0 Å². The Morgan fingerprint density at radius 1 is 1.46 bits per heavy atom. The molecule has 1 saturated heterocycles. The largest absolute Gasteiger partial charge is 0.381 e. The standard InChI is InChI=1S/C9H10N2O2/c10-6-8-5-9(13-11-8)7-1-3-12-4-2-7/h5,7H,1-4H2. The van der Waals surface area contributed by atoms with Gasteiger partial charge in [0, 0.05) is 25.2 Å². The van der Waals surface area contributed by atoms with E-state index >= 15 is 0 Å². The van der Waals surface area contributed by atoms with Gasteiger partial charge in [0.1, 0.15) is 11.8 Å². The van der Waals surface area contributed by atoms with Crippen molar-refractivity contribution in [3.63, 3.8) is 0 Å². The molecule has 0 amide bonds. The lowest BCUT2D eigenvalue weighted by Gasteiger charge is -2.18. The third-order valence-corrected chi connectivity index (χ3v) is 2.27. The minimum absolute atomic E-state index is 0.362. The zero-order chi connectivity index (χ0) is 9.10. The summed E-state index contributed by atoms with van der Waals surface area (Å²) in [7, 11) is 0. The van der Waals surface area contributed by atoms with Gasteiger partial charge >= 0.3 is 0 Å². The molecule has 4 heteroatoms. The Morgan fingerprint density at radius 3 is 2.85 bits per heavy atom. The van der Waals surface area contributed by atoms with E-state index in [-0.39, 0.29) is 0 Å². The van der Waals surface area contributed by atoms with E-state index in [4.69, 9.17) is 14.5 Å². The molecule has 1 fully saturated rings. The van der Waals surface area contributed by atoms with Crippen LogP contribution in [0.4, 0.5) is 0 Å². The molecule has 0 N–H and O–H groups in total. The predicted molar refractivity (Wildman–Crippen MR) is 44.0 cm³/mol. The van der Waals surface area contributed by atoms with Gasteiger partial charge in [-0.2, -0.15) is 5.26 Å². The molecule has 1 aliphatic rings. The van der Waals surface area contributed by atoms with Crippen molar-refractivity contribution in [2.75, 3.05) is 13.2 Å². The lowest BCUT2D eigenvalue weighted by atomic mass is 9.97. The van der Waals surface area contributed by atoms with E-state index in [0.717, 1.165) is 31.8 Å². The highest BCUT2D eigenvalue weighted by Gasteiger charge is 2.20. The third kappa shape index (κ3) is 1.70. The van der Waals surface area contributed by atoms with Crippen LogP contribution >= 0.6 is 0 Å². The van der Waals surface area contributed by atoms with E-state index < -0.39 is 0 Å². The fourth-order valence-corrected chi connectivity index (χ4v) is 1.52. The van der Waals surface area contributed by atoms with E-state index in [2.05, 4.69) is 5.16 Å². The van der Waals surface area contributed by atoms with Gasteiger partial charge in [-0.25, -0.2) is 0 Å². The van der Waals surface area contributed by atoms with Crippen LogP contribution in [-0.4, -0.2) is 18.4 Å². The summed E-state index contributed by atoms with van der Waals surface area (Å²) in [5.41, 5.74) is 0.362. The van der Waals surface area contributed by atoms with Crippen LogP contribution in [0.2, 0.25) is 0 Å². The number of ether oxygens (including phenoxy) is 1. The molecule has 0 aliphatic carbocycles. The second kappa shape index (κ2) is 3.58. The Morgan fingerprint density at radius 2 is 2.23 bits per heavy atom. The molecule has 2 heterocycles. The van der Waals surface area contributed by atoms with Gasteiger partial charge in [-0.15, -0.1) is 0 Å². The van der Waals surface area contributed by atoms with Crippen LogP contribution in [0, 0.1) is 11.3 Å². The van der Waals surface area contributed by atoms with Crippen LogP contribution in [0.15, 0.2) is 10.6 Å². The molecule has 0 aromatic carbocycles. The molecular formula is C9H10N2O2. The van der Waals surface area contributed by atoms with Crippen LogP contribution < -0.4 is 0 Å². The van der Waals surface area contributed by atoms with Crippen molar-refractivity contribution >= 4 is 0 Å². The van der Waals surface area contributed by atoms with Crippen molar-refractivity contribution in [2.45, 2.75) is 18.8 Å². The van der Waals surface area contributed by atoms with E-state index in [9.17, 15) is 0 Å². The van der Waals surface area contributed by atoms with Gasteiger partial charge in [0.2, 0.25) is 0 Å². The molecule has 2 rings (SSSR count). The normalized spacial score (nSPS) is 18.4. The van der Waals surface area contributed by atoms with Crippen molar-refractivity contribution < 1.29 is 9.26 Å². The molecule has 68 valence electrons. The molecule has 0 atom stereocenters. The number of hydrogen-bond donors (Lipinski definition) is 0. The first-order valence-corrected chi connectivity index (χ1v) is 4.34. The first-order valence-electron chi connectivity index (χ1n) is 4.34. The Hall–Kier alpha value is -1.34. The topological polar surface area (TPSA) is 59.0 Å². The van der Waals surface area contributed by atoms with E-state index in [1.54, 1.807) is 6.07 Å². The van der Waals surface area contributed by atoms with Crippen LogP contribution in [-0.2, 0) is 4.74 Å². The van der Waals surface area contributed by atoms with Gasteiger partial charge in [-0.05, 0) is 12.8 Å². The van der Waals surface area contributed by atoms with Gasteiger partial charge < -0.3 is 9.26 Å². The summed E-state index contributed by atoms with van der Waals surface area (Å²) in [6.07, 6.45) is 1.92. The number of nitriles is 1. The molecule has 1 aromatic heterocycles. The number of nitrogens with zero attached hydrogens (tertiary/aromatic N) is 2. The Labute approximate surface area is 76.1 Å². The average molecular weight is 178 g/mol. The Balaban J connectivity index is 2.11. The highest BCUT2D eigenvalue weighted by Crippen LogP contribution is 2.26.